The van der Waals surface area contributed by atoms with E-state index in [9.17, 15) is 4.79 Å². The van der Waals surface area contributed by atoms with Crippen molar-refractivity contribution in [1.29, 1.82) is 0 Å². The molecule has 4 rings (SSSR count). The van der Waals surface area contributed by atoms with E-state index in [1.54, 1.807) is 0 Å². The van der Waals surface area contributed by atoms with Crippen LogP contribution in [0.2, 0.25) is 0 Å². The number of rotatable bonds is 6. The fourth-order valence-corrected chi connectivity index (χ4v) is 3.76. The van der Waals surface area contributed by atoms with Crippen molar-refractivity contribution in [1.82, 2.24) is 19.4 Å². The average molecular weight is 437 g/mol. The summed E-state index contributed by atoms with van der Waals surface area (Å²) < 4.78 is 4.98. The van der Waals surface area contributed by atoms with Crippen LogP contribution in [0.1, 0.15) is 28.5 Å². The highest BCUT2D eigenvalue weighted by molar-refractivity contribution is 9.10. The molecule has 2 aromatic heterocycles. The van der Waals surface area contributed by atoms with E-state index in [0.29, 0.717) is 12.2 Å². The number of nitrogens with one attached hydrogen (secondary N) is 1. The van der Waals surface area contributed by atoms with Gasteiger partial charge in [0.1, 0.15) is 5.69 Å². The minimum atomic E-state index is -0.0680. The van der Waals surface area contributed by atoms with Crippen molar-refractivity contribution in [3.8, 4) is 0 Å². The molecule has 0 unspecified atom stereocenters. The second-order valence-electron chi connectivity index (χ2n) is 6.69. The van der Waals surface area contributed by atoms with Crippen molar-refractivity contribution in [3.05, 3.63) is 88.4 Å². The van der Waals surface area contributed by atoms with Crippen LogP contribution in [-0.4, -0.2) is 20.0 Å². The van der Waals surface area contributed by atoms with E-state index in [1.807, 2.05) is 48.3 Å². The van der Waals surface area contributed by atoms with E-state index >= 15 is 0 Å². The summed E-state index contributed by atoms with van der Waals surface area (Å²) in [7, 11) is 0. The van der Waals surface area contributed by atoms with Gasteiger partial charge in [0, 0.05) is 30.3 Å². The van der Waals surface area contributed by atoms with Gasteiger partial charge in [0.05, 0.1) is 17.4 Å². The first-order chi connectivity index (χ1) is 13.6. The summed E-state index contributed by atoms with van der Waals surface area (Å²) in [5, 5.41) is 3.00. The van der Waals surface area contributed by atoms with Gasteiger partial charge in [-0.05, 0) is 52.2 Å². The number of hydrogen-bond donors (Lipinski definition) is 1. The number of halogens is 1. The van der Waals surface area contributed by atoms with Gasteiger partial charge in [-0.2, -0.15) is 0 Å². The Bertz CT molecular complexity index is 1110. The molecule has 2 heterocycles. The number of nitrogens with zero attached hydrogens (tertiary/aromatic N) is 3. The Morgan fingerprint density at radius 3 is 2.61 bits per heavy atom. The second kappa shape index (κ2) is 8.02. The Labute approximate surface area is 172 Å². The number of aromatic nitrogens is 3. The number of carbonyl (C=O) groups excluding carboxylic acids is 1. The van der Waals surface area contributed by atoms with E-state index in [1.165, 1.54) is 5.56 Å². The van der Waals surface area contributed by atoms with Gasteiger partial charge in [0.15, 0.2) is 0 Å². The van der Waals surface area contributed by atoms with Crippen molar-refractivity contribution in [3.63, 3.8) is 0 Å². The van der Waals surface area contributed by atoms with Crippen LogP contribution in [0.3, 0.4) is 0 Å². The molecule has 0 aliphatic heterocycles. The third-order valence-electron chi connectivity index (χ3n) is 4.79. The standard InChI is InChI=1S/C22H21BrN4O/c1-2-26-14-18(23)11-21(26)22(28)24-12-16-7-9-17(10-8-16)13-27-15-25-19-5-3-4-6-20(19)27/h3-11,14-15H,2,12-13H2,1H3,(H,24,28). The summed E-state index contributed by atoms with van der Waals surface area (Å²) in [6.45, 7) is 4.04. The molecule has 0 fully saturated rings. The highest BCUT2D eigenvalue weighted by Crippen LogP contribution is 2.16. The normalized spacial score (nSPS) is 11.1. The molecule has 0 bridgehead atoms. The Kier molecular flexibility index (Phi) is 5.30. The van der Waals surface area contributed by atoms with E-state index in [4.69, 9.17) is 0 Å². The molecule has 1 N–H and O–H groups in total. The van der Waals surface area contributed by atoms with Crippen LogP contribution in [0.4, 0.5) is 0 Å². The van der Waals surface area contributed by atoms with E-state index < -0.39 is 0 Å². The lowest BCUT2D eigenvalue weighted by Gasteiger charge is -2.09. The maximum Gasteiger partial charge on any atom is 0.268 e. The molecule has 0 saturated carbocycles. The topological polar surface area (TPSA) is 51.9 Å². The smallest absolute Gasteiger partial charge is 0.268 e. The summed E-state index contributed by atoms with van der Waals surface area (Å²) >= 11 is 3.43. The molecule has 0 aliphatic carbocycles. The van der Waals surface area contributed by atoms with Crippen molar-refractivity contribution in [2.24, 2.45) is 0 Å². The molecule has 1 amide bonds. The number of para-hydroxylation sites is 2. The first-order valence-corrected chi connectivity index (χ1v) is 10.0. The van der Waals surface area contributed by atoms with Crippen LogP contribution in [-0.2, 0) is 19.6 Å². The SMILES string of the molecule is CCn1cc(Br)cc1C(=O)NCc1ccc(Cn2cnc3ccccc32)cc1. The number of amides is 1. The first-order valence-electron chi connectivity index (χ1n) is 9.25. The molecular weight excluding hydrogens is 416 g/mol. The number of hydrogen-bond acceptors (Lipinski definition) is 2. The second-order valence-corrected chi connectivity index (χ2v) is 7.61. The molecule has 5 nitrogen and oxygen atoms in total. The molecule has 4 aromatic rings. The molecule has 0 spiro atoms. The van der Waals surface area contributed by atoms with Crippen molar-refractivity contribution in [2.45, 2.75) is 26.6 Å². The van der Waals surface area contributed by atoms with Gasteiger partial charge in [0.2, 0.25) is 0 Å². The molecule has 0 radical (unpaired) electrons. The maximum absolute atomic E-state index is 12.5. The minimum absolute atomic E-state index is 0.0680. The van der Waals surface area contributed by atoms with Crippen LogP contribution in [0, 0.1) is 0 Å². The summed E-state index contributed by atoms with van der Waals surface area (Å²) in [6, 6.07) is 18.3. The Morgan fingerprint density at radius 1 is 1.07 bits per heavy atom. The number of benzene rings is 2. The fraction of sp³-hybridized carbons (Fsp3) is 0.182. The van der Waals surface area contributed by atoms with Crippen molar-refractivity contribution in [2.75, 3.05) is 0 Å². The largest absolute Gasteiger partial charge is 0.347 e. The molecule has 0 aliphatic rings. The minimum Gasteiger partial charge on any atom is -0.347 e. The highest BCUT2D eigenvalue weighted by Gasteiger charge is 2.12. The average Bonchev–Trinajstić information content (AvgIpc) is 3.30. The van der Waals surface area contributed by atoms with Crippen molar-refractivity contribution >= 4 is 32.9 Å². The van der Waals surface area contributed by atoms with E-state index in [-0.39, 0.29) is 5.91 Å². The number of aryl methyl sites for hydroxylation is 1. The van der Waals surface area contributed by atoms with Gasteiger partial charge in [-0.3, -0.25) is 4.79 Å². The van der Waals surface area contributed by atoms with Gasteiger partial charge >= 0.3 is 0 Å². The number of carbonyl (C=O) groups is 1. The summed E-state index contributed by atoms with van der Waals surface area (Å²) in [4.78, 5) is 16.9. The van der Waals surface area contributed by atoms with Crippen LogP contribution in [0.5, 0.6) is 0 Å². The summed E-state index contributed by atoms with van der Waals surface area (Å²) in [5.41, 5.74) is 5.07. The van der Waals surface area contributed by atoms with Crippen molar-refractivity contribution < 1.29 is 4.79 Å². The molecule has 0 atom stereocenters. The van der Waals surface area contributed by atoms with E-state index in [0.717, 1.165) is 34.2 Å². The molecule has 142 valence electrons. The zero-order chi connectivity index (χ0) is 19.5. The Balaban J connectivity index is 1.40. The predicted octanol–water partition coefficient (Wildman–Crippen LogP) is 4.60. The zero-order valence-corrected chi connectivity index (χ0v) is 17.2. The van der Waals surface area contributed by atoms with Gasteiger partial charge in [-0.15, -0.1) is 0 Å². The van der Waals surface area contributed by atoms with Gasteiger partial charge in [-0.25, -0.2) is 4.98 Å². The third-order valence-corrected chi connectivity index (χ3v) is 5.23. The monoisotopic (exact) mass is 436 g/mol. The van der Waals surface area contributed by atoms with Crippen LogP contribution in [0.15, 0.2) is 71.6 Å². The lowest BCUT2D eigenvalue weighted by molar-refractivity contribution is 0.0941. The van der Waals surface area contributed by atoms with E-state index in [2.05, 4.69) is 61.1 Å². The predicted molar refractivity (Wildman–Crippen MR) is 114 cm³/mol. The van der Waals surface area contributed by atoms with Crippen LogP contribution < -0.4 is 5.32 Å². The van der Waals surface area contributed by atoms with Crippen LogP contribution in [0.25, 0.3) is 11.0 Å². The van der Waals surface area contributed by atoms with Gasteiger partial charge in [0.25, 0.3) is 5.91 Å². The maximum atomic E-state index is 12.5. The molecule has 2 aromatic carbocycles. The molecule has 0 saturated heterocycles. The quantitative estimate of drug-likeness (QED) is 0.480. The third kappa shape index (κ3) is 3.87. The first kappa shape index (κ1) is 18.5. The fourth-order valence-electron chi connectivity index (χ4n) is 3.30. The Morgan fingerprint density at radius 2 is 1.82 bits per heavy atom. The van der Waals surface area contributed by atoms with Gasteiger partial charge < -0.3 is 14.5 Å². The molecular formula is C22H21BrN4O. The summed E-state index contributed by atoms with van der Waals surface area (Å²) in [5.74, 6) is -0.0680. The van der Waals surface area contributed by atoms with Gasteiger partial charge in [-0.1, -0.05) is 36.4 Å². The summed E-state index contributed by atoms with van der Waals surface area (Å²) in [6.07, 6.45) is 3.79. The zero-order valence-electron chi connectivity index (χ0n) is 15.6. The lowest BCUT2D eigenvalue weighted by Crippen LogP contribution is -2.25. The Hall–Kier alpha value is -2.86. The number of fused-ring (bicyclic) bond motifs is 1. The highest BCUT2D eigenvalue weighted by atomic mass is 79.9. The lowest BCUT2D eigenvalue weighted by atomic mass is 10.1. The van der Waals surface area contributed by atoms with Crippen LogP contribution >= 0.6 is 15.9 Å². The number of imidazole rings is 1. The molecule has 6 heteroatoms. The molecule has 28 heavy (non-hydrogen) atoms.